The third kappa shape index (κ3) is 3.95. The van der Waals surface area contributed by atoms with Crippen LogP contribution in [-0.4, -0.2) is 74.3 Å². The van der Waals surface area contributed by atoms with Gasteiger partial charge in [-0.1, -0.05) is 0 Å². The molecule has 0 N–H and O–H groups in total. The Hall–Kier alpha value is -2.64. The van der Waals surface area contributed by atoms with Gasteiger partial charge in [0.2, 0.25) is 5.95 Å². The van der Waals surface area contributed by atoms with Crippen LogP contribution in [0.3, 0.4) is 0 Å². The van der Waals surface area contributed by atoms with Gasteiger partial charge in [0.05, 0.1) is 0 Å². The number of nitrogens with zero attached hydrogens (tertiary/aromatic N) is 8. The number of anilines is 4. The Kier molecular flexibility index (Phi) is 5.39. The lowest BCUT2D eigenvalue weighted by Gasteiger charge is -2.38. The monoisotopic (exact) mass is 356 g/mol. The molecule has 0 bridgehead atoms. The summed E-state index contributed by atoms with van der Waals surface area (Å²) in [6.07, 6.45) is 5.70. The highest BCUT2D eigenvalue weighted by Gasteiger charge is 2.26. The van der Waals surface area contributed by atoms with E-state index in [1.807, 2.05) is 56.3 Å². The molecule has 1 unspecified atom stereocenters. The molecular formula is C18H28N8. The second kappa shape index (κ2) is 7.72. The Morgan fingerprint density at radius 1 is 0.962 bits per heavy atom. The summed E-state index contributed by atoms with van der Waals surface area (Å²) in [6.45, 7) is 1.86. The van der Waals surface area contributed by atoms with Crippen molar-refractivity contribution in [1.29, 1.82) is 0 Å². The van der Waals surface area contributed by atoms with E-state index < -0.39 is 0 Å². The van der Waals surface area contributed by atoms with Crippen LogP contribution in [0.25, 0.3) is 0 Å². The molecule has 0 radical (unpaired) electrons. The second-order valence-electron chi connectivity index (χ2n) is 7.09. The molecule has 1 saturated heterocycles. The topological polar surface area (TPSA) is 64.5 Å². The summed E-state index contributed by atoms with van der Waals surface area (Å²) in [4.78, 5) is 26.5. The summed E-state index contributed by atoms with van der Waals surface area (Å²) in [5.41, 5.74) is 0. The van der Waals surface area contributed by atoms with Gasteiger partial charge in [0, 0.05) is 66.6 Å². The third-order valence-electron chi connectivity index (χ3n) is 4.77. The van der Waals surface area contributed by atoms with E-state index in [0.717, 1.165) is 49.3 Å². The molecule has 1 aliphatic rings. The van der Waals surface area contributed by atoms with E-state index in [-0.39, 0.29) is 0 Å². The first-order valence-corrected chi connectivity index (χ1v) is 8.93. The van der Waals surface area contributed by atoms with Gasteiger partial charge in [-0.25, -0.2) is 15.0 Å². The Morgan fingerprint density at radius 3 is 2.42 bits per heavy atom. The van der Waals surface area contributed by atoms with Gasteiger partial charge in [-0.2, -0.15) is 4.98 Å². The maximum Gasteiger partial charge on any atom is 0.227 e. The van der Waals surface area contributed by atoms with E-state index in [2.05, 4.69) is 36.8 Å². The highest BCUT2D eigenvalue weighted by molar-refractivity contribution is 5.50. The van der Waals surface area contributed by atoms with E-state index >= 15 is 0 Å². The number of hydrogen-bond donors (Lipinski definition) is 0. The molecule has 0 saturated carbocycles. The van der Waals surface area contributed by atoms with Crippen LogP contribution >= 0.6 is 0 Å². The Bertz CT molecular complexity index is 683. The fourth-order valence-electron chi connectivity index (χ4n) is 3.15. The average Bonchev–Trinajstić information content (AvgIpc) is 2.67. The smallest absolute Gasteiger partial charge is 0.227 e. The predicted octanol–water partition coefficient (Wildman–Crippen LogP) is 1.50. The van der Waals surface area contributed by atoms with Crippen LogP contribution in [0.4, 0.5) is 23.4 Å². The highest BCUT2D eigenvalue weighted by Crippen LogP contribution is 2.24. The van der Waals surface area contributed by atoms with Gasteiger partial charge < -0.3 is 19.6 Å². The molecule has 2 aromatic heterocycles. The lowest BCUT2D eigenvalue weighted by molar-refractivity contribution is 0.480. The summed E-state index contributed by atoms with van der Waals surface area (Å²) in [6, 6.07) is 4.32. The molecule has 3 rings (SSSR count). The van der Waals surface area contributed by atoms with Crippen molar-refractivity contribution in [3.05, 3.63) is 24.7 Å². The molecule has 140 valence electrons. The fraction of sp³-hybridized carbons (Fsp3) is 0.556. The molecule has 0 amide bonds. The van der Waals surface area contributed by atoms with Gasteiger partial charge in [0.15, 0.2) is 0 Å². The number of piperidine rings is 1. The minimum Gasteiger partial charge on any atom is -0.363 e. The molecule has 1 atom stereocenters. The van der Waals surface area contributed by atoms with Crippen molar-refractivity contribution >= 4 is 23.4 Å². The van der Waals surface area contributed by atoms with E-state index in [0.29, 0.717) is 6.04 Å². The van der Waals surface area contributed by atoms with Gasteiger partial charge >= 0.3 is 0 Å². The lowest BCUT2D eigenvalue weighted by atomic mass is 10.0. The van der Waals surface area contributed by atoms with Crippen LogP contribution < -0.4 is 19.6 Å². The maximum absolute atomic E-state index is 4.69. The van der Waals surface area contributed by atoms with Crippen molar-refractivity contribution in [2.45, 2.75) is 18.9 Å². The minimum absolute atomic E-state index is 0.361. The first-order valence-electron chi connectivity index (χ1n) is 8.93. The third-order valence-corrected chi connectivity index (χ3v) is 4.77. The summed E-state index contributed by atoms with van der Waals surface area (Å²) >= 11 is 0. The van der Waals surface area contributed by atoms with Gasteiger partial charge in [-0.05, 0) is 18.9 Å². The first-order chi connectivity index (χ1) is 12.5. The van der Waals surface area contributed by atoms with Gasteiger partial charge in [-0.3, -0.25) is 0 Å². The zero-order valence-electron chi connectivity index (χ0n) is 16.3. The molecule has 26 heavy (non-hydrogen) atoms. The standard InChI is InChI=1S/C18H28N8/c1-23(2)15-8-9-19-18(22-15)26-10-6-7-14(12-26)25(5)17-11-16(24(3)4)20-13-21-17/h8-9,11,13-14H,6-7,10,12H2,1-5H3. The normalized spacial score (nSPS) is 17.1. The molecule has 1 aliphatic heterocycles. The highest BCUT2D eigenvalue weighted by atomic mass is 15.3. The van der Waals surface area contributed by atoms with Crippen LogP contribution in [0, 0.1) is 0 Å². The van der Waals surface area contributed by atoms with E-state index in [1.54, 1.807) is 6.33 Å². The summed E-state index contributed by atoms with van der Waals surface area (Å²) in [5.74, 6) is 3.58. The minimum atomic E-state index is 0.361. The summed E-state index contributed by atoms with van der Waals surface area (Å²) in [5, 5.41) is 0. The van der Waals surface area contributed by atoms with Gasteiger partial charge in [0.25, 0.3) is 0 Å². The molecule has 3 heterocycles. The van der Waals surface area contributed by atoms with Crippen molar-refractivity contribution in [1.82, 2.24) is 19.9 Å². The van der Waals surface area contributed by atoms with Crippen molar-refractivity contribution in [3.8, 4) is 0 Å². The van der Waals surface area contributed by atoms with Crippen LogP contribution in [0.15, 0.2) is 24.7 Å². The SMILES string of the molecule is CN(C)c1cc(N(C)C2CCCN(c3nccc(N(C)C)n3)C2)ncn1. The number of hydrogen-bond acceptors (Lipinski definition) is 8. The molecule has 0 spiro atoms. The molecular weight excluding hydrogens is 328 g/mol. The van der Waals surface area contributed by atoms with Crippen LogP contribution in [-0.2, 0) is 0 Å². The molecule has 2 aromatic rings. The predicted molar refractivity (Wildman–Crippen MR) is 106 cm³/mol. The molecule has 1 fully saturated rings. The Morgan fingerprint density at radius 2 is 1.69 bits per heavy atom. The van der Waals surface area contributed by atoms with E-state index in [4.69, 9.17) is 0 Å². The molecule has 0 aromatic carbocycles. The first kappa shape index (κ1) is 18.2. The molecule has 8 heteroatoms. The largest absolute Gasteiger partial charge is 0.363 e. The zero-order chi connectivity index (χ0) is 18.7. The molecule has 0 aliphatic carbocycles. The summed E-state index contributed by atoms with van der Waals surface area (Å²) in [7, 11) is 10.1. The van der Waals surface area contributed by atoms with Crippen molar-refractivity contribution in [2.24, 2.45) is 0 Å². The van der Waals surface area contributed by atoms with E-state index in [1.165, 1.54) is 0 Å². The number of likely N-dealkylation sites (N-methyl/N-ethyl adjacent to an activating group) is 1. The Balaban J connectivity index is 1.76. The Labute approximate surface area is 155 Å². The zero-order valence-corrected chi connectivity index (χ0v) is 16.3. The molecule has 8 nitrogen and oxygen atoms in total. The van der Waals surface area contributed by atoms with Crippen molar-refractivity contribution in [2.75, 3.05) is 67.9 Å². The van der Waals surface area contributed by atoms with E-state index in [9.17, 15) is 0 Å². The van der Waals surface area contributed by atoms with Crippen molar-refractivity contribution < 1.29 is 0 Å². The quantitative estimate of drug-likeness (QED) is 0.799. The number of rotatable bonds is 5. The number of aromatic nitrogens is 4. The lowest BCUT2D eigenvalue weighted by Crippen LogP contribution is -2.47. The fourth-order valence-corrected chi connectivity index (χ4v) is 3.15. The maximum atomic E-state index is 4.69. The average molecular weight is 356 g/mol. The van der Waals surface area contributed by atoms with Crippen LogP contribution in [0.5, 0.6) is 0 Å². The van der Waals surface area contributed by atoms with Gasteiger partial charge in [-0.15, -0.1) is 0 Å². The van der Waals surface area contributed by atoms with Crippen molar-refractivity contribution in [3.63, 3.8) is 0 Å². The van der Waals surface area contributed by atoms with Crippen LogP contribution in [0.2, 0.25) is 0 Å². The van der Waals surface area contributed by atoms with Gasteiger partial charge in [0.1, 0.15) is 23.8 Å². The summed E-state index contributed by atoms with van der Waals surface area (Å²) < 4.78 is 0. The second-order valence-corrected chi connectivity index (χ2v) is 7.09. The van der Waals surface area contributed by atoms with Crippen LogP contribution in [0.1, 0.15) is 12.8 Å².